The van der Waals surface area contributed by atoms with Gasteiger partial charge in [-0.05, 0) is 76.7 Å². The first kappa shape index (κ1) is 31.5. The van der Waals surface area contributed by atoms with Crippen LogP contribution >= 0.6 is 0 Å². The lowest BCUT2D eigenvalue weighted by Crippen LogP contribution is -2.24. The highest BCUT2D eigenvalue weighted by molar-refractivity contribution is 6.14. The van der Waals surface area contributed by atoms with Crippen molar-refractivity contribution in [2.45, 2.75) is 26.2 Å². The van der Waals surface area contributed by atoms with Crippen LogP contribution in [0.1, 0.15) is 48.6 Å². The van der Waals surface area contributed by atoms with E-state index in [1.165, 1.54) is 55.4 Å². The lowest BCUT2D eigenvalue weighted by Gasteiger charge is -2.32. The van der Waals surface area contributed by atoms with E-state index in [1.807, 2.05) is 24.3 Å². The highest BCUT2D eigenvalue weighted by Crippen LogP contribution is 2.48. The molecule has 6 aromatic carbocycles. The molecule has 0 unspecified atom stereocenters. The molecule has 250 valence electrons. The van der Waals surface area contributed by atoms with Crippen LogP contribution in [0.5, 0.6) is 0 Å². The van der Waals surface area contributed by atoms with Crippen LogP contribution in [0.2, 0.25) is 0 Å². The Morgan fingerprint density at radius 3 is 2.02 bits per heavy atom. The molecule has 0 atom stereocenters. The summed E-state index contributed by atoms with van der Waals surface area (Å²) in [6.07, 6.45) is 6.80. The Morgan fingerprint density at radius 2 is 1.27 bits per heavy atom. The Kier molecular flexibility index (Phi) is 7.52. The zero-order valence-corrected chi connectivity index (χ0v) is 29.7. The van der Waals surface area contributed by atoms with Crippen LogP contribution in [-0.2, 0) is 5.41 Å². The first-order chi connectivity index (χ1) is 25.4. The van der Waals surface area contributed by atoms with Gasteiger partial charge in [0.2, 0.25) is 0 Å². The minimum absolute atomic E-state index is 0.143. The van der Waals surface area contributed by atoms with Gasteiger partial charge in [-0.25, -0.2) is 4.99 Å². The van der Waals surface area contributed by atoms with Crippen LogP contribution in [0.25, 0.3) is 55.6 Å². The average molecular weight is 670 g/mol. The summed E-state index contributed by atoms with van der Waals surface area (Å²) in [6.45, 7) is 11.2. The third kappa shape index (κ3) is 5.25. The fraction of sp³-hybridized carbons (Fsp3) is 0.0816. The quantitative estimate of drug-likeness (QED) is 0.151. The van der Waals surface area contributed by atoms with Gasteiger partial charge in [-0.3, -0.25) is 0 Å². The van der Waals surface area contributed by atoms with Crippen molar-refractivity contribution in [1.82, 2.24) is 9.13 Å². The van der Waals surface area contributed by atoms with Gasteiger partial charge in [0.25, 0.3) is 0 Å². The first-order valence-corrected chi connectivity index (χ1v) is 17.9. The van der Waals surface area contributed by atoms with E-state index in [1.54, 1.807) is 0 Å². The summed E-state index contributed by atoms with van der Waals surface area (Å²) in [5.41, 5.74) is 15.8. The number of rotatable bonds is 7. The Labute approximate surface area is 305 Å². The van der Waals surface area contributed by atoms with Crippen LogP contribution < -0.4 is 0 Å². The number of hydrogen-bond acceptors (Lipinski definition) is 1. The number of benzene rings is 6. The molecular formula is C49H39N3. The molecule has 3 heterocycles. The van der Waals surface area contributed by atoms with Crippen LogP contribution in [0.3, 0.4) is 0 Å². The van der Waals surface area contributed by atoms with Gasteiger partial charge in [-0.15, -0.1) is 0 Å². The lowest BCUT2D eigenvalue weighted by atomic mass is 9.76. The molecule has 1 aliphatic rings. The second-order valence-electron chi connectivity index (χ2n) is 14.3. The number of para-hydroxylation sites is 2. The number of hydrogen-bond donors (Lipinski definition) is 0. The molecule has 0 N–H and O–H groups in total. The summed E-state index contributed by atoms with van der Waals surface area (Å²) in [4.78, 5) is 5.04. The van der Waals surface area contributed by atoms with E-state index >= 15 is 0 Å². The fourth-order valence-electron chi connectivity index (χ4n) is 7.86. The van der Waals surface area contributed by atoms with Crippen LogP contribution in [0.4, 0.5) is 0 Å². The number of aliphatic imine (C=N–C) groups is 1. The second kappa shape index (κ2) is 12.4. The highest BCUT2D eigenvalue weighted by atomic mass is 15.1. The molecule has 9 rings (SSSR count). The molecule has 0 saturated heterocycles. The summed E-state index contributed by atoms with van der Waals surface area (Å²) in [6, 6.07) is 53.7. The van der Waals surface area contributed by atoms with Crippen molar-refractivity contribution in [3.8, 4) is 22.5 Å². The van der Waals surface area contributed by atoms with E-state index in [9.17, 15) is 0 Å². The third-order valence-corrected chi connectivity index (χ3v) is 10.7. The van der Waals surface area contributed by atoms with Gasteiger partial charge in [-0.2, -0.15) is 0 Å². The van der Waals surface area contributed by atoms with Crippen LogP contribution in [0.15, 0.2) is 182 Å². The number of fused-ring (bicyclic) bond motifs is 5. The molecule has 0 amide bonds. The molecule has 0 spiro atoms. The zero-order chi connectivity index (χ0) is 35.4. The highest BCUT2D eigenvalue weighted by Gasteiger charge is 2.36. The molecule has 0 bridgehead atoms. The summed E-state index contributed by atoms with van der Waals surface area (Å²) in [5, 5.41) is 2.55. The van der Waals surface area contributed by atoms with Gasteiger partial charge in [0.15, 0.2) is 0 Å². The summed E-state index contributed by atoms with van der Waals surface area (Å²) < 4.78 is 4.76. The SMILES string of the molecule is C=C(N=C(/C=C(\C)c1cccc(-c2ccc3c(c2)c2cccc4c2n3-c2cn(-c3ccccc3)cc2C4(C)C)c1)c1ccccc1)c1ccccc1. The van der Waals surface area contributed by atoms with Crippen molar-refractivity contribution in [2.75, 3.05) is 0 Å². The van der Waals surface area contributed by atoms with Gasteiger partial charge < -0.3 is 9.13 Å². The van der Waals surface area contributed by atoms with Gasteiger partial charge in [0, 0.05) is 45.4 Å². The van der Waals surface area contributed by atoms with Gasteiger partial charge >= 0.3 is 0 Å². The third-order valence-electron chi connectivity index (χ3n) is 10.7. The second-order valence-corrected chi connectivity index (χ2v) is 14.3. The topological polar surface area (TPSA) is 22.2 Å². The van der Waals surface area contributed by atoms with E-state index in [2.05, 4.69) is 182 Å². The van der Waals surface area contributed by atoms with E-state index < -0.39 is 0 Å². The Bertz CT molecular complexity index is 2700. The minimum Gasteiger partial charge on any atom is -0.321 e. The molecule has 1 aliphatic heterocycles. The van der Waals surface area contributed by atoms with E-state index in [-0.39, 0.29) is 5.41 Å². The molecule has 52 heavy (non-hydrogen) atoms. The molecule has 2 aromatic heterocycles. The van der Waals surface area contributed by atoms with Crippen LogP contribution in [-0.4, -0.2) is 14.8 Å². The maximum absolute atomic E-state index is 5.04. The molecule has 0 aliphatic carbocycles. The molecule has 0 radical (unpaired) electrons. The van der Waals surface area contributed by atoms with Crippen LogP contribution in [0, 0.1) is 0 Å². The summed E-state index contributed by atoms with van der Waals surface area (Å²) in [7, 11) is 0. The number of aromatic nitrogens is 2. The molecule has 8 aromatic rings. The standard InChI is InChI=1S/C49H39N3/c1-33(28-45(36-18-10-6-11-19-36)50-34(2)35-16-8-5-9-17-35)37-20-14-21-38(29-37)39-26-27-46-42(30-39)41-24-15-25-43-48(41)52(46)47-32-51(31-44(47)49(43,3)4)40-22-12-7-13-23-40/h5-32H,2H2,1,3-4H3/b33-28+,50-45?. The molecule has 3 heteroatoms. The lowest BCUT2D eigenvalue weighted by molar-refractivity contribution is 0.631. The van der Waals surface area contributed by atoms with Crippen molar-refractivity contribution in [3.05, 3.63) is 205 Å². The van der Waals surface area contributed by atoms with E-state index in [0.29, 0.717) is 0 Å². The maximum atomic E-state index is 5.04. The normalized spacial score (nSPS) is 13.8. The minimum atomic E-state index is -0.143. The van der Waals surface area contributed by atoms with Crippen molar-refractivity contribution >= 4 is 38.8 Å². The number of nitrogens with zero attached hydrogens (tertiary/aromatic N) is 3. The fourth-order valence-corrected chi connectivity index (χ4v) is 7.86. The smallest absolute Gasteiger partial charge is 0.0712 e. The van der Waals surface area contributed by atoms with Crippen molar-refractivity contribution in [3.63, 3.8) is 0 Å². The summed E-state index contributed by atoms with van der Waals surface area (Å²) >= 11 is 0. The molecule has 3 nitrogen and oxygen atoms in total. The van der Waals surface area contributed by atoms with Crippen molar-refractivity contribution < 1.29 is 0 Å². The van der Waals surface area contributed by atoms with Gasteiger partial charge in [0.1, 0.15) is 0 Å². The molecule has 0 fully saturated rings. The van der Waals surface area contributed by atoms with E-state index in [0.717, 1.165) is 33.7 Å². The van der Waals surface area contributed by atoms with Gasteiger partial charge in [-0.1, -0.05) is 142 Å². The zero-order valence-electron chi connectivity index (χ0n) is 29.7. The Hall–Kier alpha value is -6.45. The van der Waals surface area contributed by atoms with E-state index in [4.69, 9.17) is 4.99 Å². The maximum Gasteiger partial charge on any atom is 0.0712 e. The average Bonchev–Trinajstić information content (AvgIpc) is 3.79. The number of allylic oxidation sites excluding steroid dienone is 2. The first-order valence-electron chi connectivity index (χ1n) is 17.9. The Morgan fingerprint density at radius 1 is 0.615 bits per heavy atom. The summed E-state index contributed by atoms with van der Waals surface area (Å²) in [5.74, 6) is 0. The van der Waals surface area contributed by atoms with Crippen molar-refractivity contribution in [1.29, 1.82) is 0 Å². The monoisotopic (exact) mass is 669 g/mol. The Balaban J connectivity index is 1.14. The molecule has 0 saturated carbocycles. The van der Waals surface area contributed by atoms with Gasteiger partial charge in [0.05, 0.1) is 28.1 Å². The van der Waals surface area contributed by atoms with Crippen molar-refractivity contribution in [2.24, 2.45) is 4.99 Å². The molecular weight excluding hydrogens is 631 g/mol. The largest absolute Gasteiger partial charge is 0.321 e. The predicted molar refractivity (Wildman–Crippen MR) is 220 cm³/mol. The predicted octanol–water partition coefficient (Wildman–Crippen LogP) is 12.4.